The Kier molecular flexibility index (Phi) is 4.76. The van der Waals surface area contributed by atoms with Gasteiger partial charge in [-0.2, -0.15) is 0 Å². The van der Waals surface area contributed by atoms with Gasteiger partial charge in [-0.25, -0.2) is 4.98 Å². The third kappa shape index (κ3) is 3.32. The van der Waals surface area contributed by atoms with Crippen molar-refractivity contribution in [3.8, 4) is 10.6 Å². The maximum Gasteiger partial charge on any atom is 0.273 e. The highest BCUT2D eigenvalue weighted by Crippen LogP contribution is 2.26. The van der Waals surface area contributed by atoms with Gasteiger partial charge in [0.05, 0.1) is 0 Å². The van der Waals surface area contributed by atoms with Crippen molar-refractivity contribution in [3.63, 3.8) is 0 Å². The Labute approximate surface area is 138 Å². The van der Waals surface area contributed by atoms with Gasteiger partial charge in [0.1, 0.15) is 10.7 Å². The van der Waals surface area contributed by atoms with Gasteiger partial charge in [0.2, 0.25) is 0 Å². The zero-order valence-corrected chi connectivity index (χ0v) is 13.6. The second-order valence-electron chi connectivity index (χ2n) is 5.49. The molecule has 0 spiro atoms. The predicted molar refractivity (Wildman–Crippen MR) is 88.3 cm³/mol. The zero-order valence-electron chi connectivity index (χ0n) is 12.0. The molecular formula is C16H17ClN2O2S. The van der Waals surface area contributed by atoms with E-state index in [1.54, 1.807) is 10.3 Å². The minimum atomic E-state index is -0.0467. The Morgan fingerprint density at radius 2 is 2.18 bits per heavy atom. The molecule has 2 aromatic rings. The van der Waals surface area contributed by atoms with Crippen LogP contribution in [0, 0.1) is 5.92 Å². The van der Waals surface area contributed by atoms with E-state index in [9.17, 15) is 9.90 Å². The van der Waals surface area contributed by atoms with Crippen molar-refractivity contribution in [2.75, 3.05) is 19.7 Å². The molecule has 1 fully saturated rings. The number of thiazole rings is 1. The van der Waals surface area contributed by atoms with Crippen LogP contribution < -0.4 is 0 Å². The summed E-state index contributed by atoms with van der Waals surface area (Å²) in [5, 5.41) is 12.6. The van der Waals surface area contributed by atoms with Gasteiger partial charge in [-0.3, -0.25) is 4.79 Å². The Hall–Kier alpha value is -1.43. The number of piperidine rings is 1. The number of carbonyl (C=O) groups is 1. The SMILES string of the molecule is O=C(c1csc(-c2ccc(Cl)cc2)n1)N1CCCC(CO)C1. The smallest absolute Gasteiger partial charge is 0.273 e. The third-order valence-electron chi connectivity index (χ3n) is 3.88. The van der Waals surface area contributed by atoms with Gasteiger partial charge in [0, 0.05) is 35.7 Å². The molecule has 22 heavy (non-hydrogen) atoms. The number of aliphatic hydroxyl groups excluding tert-OH is 1. The Morgan fingerprint density at radius 1 is 1.41 bits per heavy atom. The summed E-state index contributed by atoms with van der Waals surface area (Å²) in [5.74, 6) is 0.140. The van der Waals surface area contributed by atoms with Crippen LogP contribution in [0.25, 0.3) is 10.6 Å². The molecule has 1 aromatic carbocycles. The third-order valence-corrected chi connectivity index (χ3v) is 5.02. The van der Waals surface area contributed by atoms with E-state index in [1.165, 1.54) is 11.3 Å². The van der Waals surface area contributed by atoms with E-state index in [4.69, 9.17) is 11.6 Å². The molecule has 0 aliphatic carbocycles. The summed E-state index contributed by atoms with van der Waals surface area (Å²) in [5.41, 5.74) is 1.44. The highest BCUT2D eigenvalue weighted by atomic mass is 35.5. The fourth-order valence-corrected chi connectivity index (χ4v) is 3.58. The minimum Gasteiger partial charge on any atom is -0.396 e. The zero-order chi connectivity index (χ0) is 15.5. The summed E-state index contributed by atoms with van der Waals surface area (Å²) in [6.45, 7) is 1.49. The summed E-state index contributed by atoms with van der Waals surface area (Å²) < 4.78 is 0. The molecule has 3 rings (SSSR count). The lowest BCUT2D eigenvalue weighted by molar-refractivity contribution is 0.0616. The summed E-state index contributed by atoms with van der Waals surface area (Å²) in [4.78, 5) is 18.8. The normalized spacial score (nSPS) is 18.5. The number of aromatic nitrogens is 1. The van der Waals surface area contributed by atoms with Crippen LogP contribution in [0.1, 0.15) is 23.3 Å². The number of amides is 1. The number of hydrogen-bond donors (Lipinski definition) is 1. The van der Waals surface area contributed by atoms with Crippen LogP contribution >= 0.6 is 22.9 Å². The number of carbonyl (C=O) groups excluding carboxylic acids is 1. The number of hydrogen-bond acceptors (Lipinski definition) is 4. The number of halogens is 1. The molecule has 116 valence electrons. The van der Waals surface area contributed by atoms with Crippen LogP contribution in [0.4, 0.5) is 0 Å². The molecule has 2 heterocycles. The van der Waals surface area contributed by atoms with Gasteiger partial charge in [0.15, 0.2) is 0 Å². The first-order valence-electron chi connectivity index (χ1n) is 7.29. The first-order chi connectivity index (χ1) is 10.7. The number of benzene rings is 1. The van der Waals surface area contributed by atoms with Crippen molar-refractivity contribution in [2.24, 2.45) is 5.92 Å². The molecule has 1 atom stereocenters. The molecule has 0 radical (unpaired) electrons. The van der Waals surface area contributed by atoms with Crippen molar-refractivity contribution in [1.29, 1.82) is 0 Å². The lowest BCUT2D eigenvalue weighted by atomic mass is 9.99. The Bertz CT molecular complexity index is 656. The van der Waals surface area contributed by atoms with Crippen molar-refractivity contribution in [3.05, 3.63) is 40.4 Å². The van der Waals surface area contributed by atoms with Crippen molar-refractivity contribution >= 4 is 28.8 Å². The maximum absolute atomic E-state index is 12.5. The quantitative estimate of drug-likeness (QED) is 0.935. The first kappa shape index (κ1) is 15.5. The van der Waals surface area contributed by atoms with E-state index in [1.807, 2.05) is 24.3 Å². The first-order valence-corrected chi connectivity index (χ1v) is 8.54. The number of likely N-dealkylation sites (tertiary alicyclic amines) is 1. The fourth-order valence-electron chi connectivity index (χ4n) is 2.66. The number of aliphatic hydroxyl groups is 1. The van der Waals surface area contributed by atoms with E-state index in [-0.39, 0.29) is 18.4 Å². The monoisotopic (exact) mass is 336 g/mol. The molecule has 1 saturated heterocycles. The molecular weight excluding hydrogens is 320 g/mol. The van der Waals surface area contributed by atoms with Gasteiger partial charge in [0.25, 0.3) is 5.91 Å². The van der Waals surface area contributed by atoms with Crippen molar-refractivity contribution < 1.29 is 9.90 Å². The second-order valence-corrected chi connectivity index (χ2v) is 6.78. The standard InChI is InChI=1S/C16H17ClN2O2S/c17-13-5-3-12(4-6-13)15-18-14(10-22-15)16(21)19-7-1-2-11(8-19)9-20/h3-6,10-11,20H,1-2,7-9H2. The topological polar surface area (TPSA) is 53.4 Å². The van der Waals surface area contributed by atoms with Crippen LogP contribution in [-0.2, 0) is 0 Å². The van der Waals surface area contributed by atoms with Gasteiger partial charge >= 0.3 is 0 Å². The Balaban J connectivity index is 1.75. The van der Waals surface area contributed by atoms with E-state index in [0.717, 1.165) is 30.0 Å². The maximum atomic E-state index is 12.5. The average Bonchev–Trinajstić information content (AvgIpc) is 3.05. The summed E-state index contributed by atoms with van der Waals surface area (Å²) in [6.07, 6.45) is 1.92. The van der Waals surface area contributed by atoms with E-state index >= 15 is 0 Å². The predicted octanol–water partition coefficient (Wildman–Crippen LogP) is 3.31. The molecule has 4 nitrogen and oxygen atoms in total. The summed E-state index contributed by atoms with van der Waals surface area (Å²) in [6, 6.07) is 7.43. The van der Waals surface area contributed by atoms with E-state index in [2.05, 4.69) is 4.98 Å². The lowest BCUT2D eigenvalue weighted by Gasteiger charge is -2.31. The van der Waals surface area contributed by atoms with Crippen LogP contribution in [-0.4, -0.2) is 40.6 Å². The fraction of sp³-hybridized carbons (Fsp3) is 0.375. The molecule has 1 aromatic heterocycles. The number of rotatable bonds is 3. The van der Waals surface area contributed by atoms with Crippen LogP contribution in [0.3, 0.4) is 0 Å². The molecule has 1 aliphatic rings. The van der Waals surface area contributed by atoms with E-state index < -0.39 is 0 Å². The molecule has 0 saturated carbocycles. The van der Waals surface area contributed by atoms with E-state index in [0.29, 0.717) is 17.3 Å². The molecule has 0 bridgehead atoms. The molecule has 1 N–H and O–H groups in total. The van der Waals surface area contributed by atoms with Crippen LogP contribution in [0.15, 0.2) is 29.6 Å². The average molecular weight is 337 g/mol. The molecule has 1 amide bonds. The van der Waals surface area contributed by atoms with Crippen molar-refractivity contribution in [2.45, 2.75) is 12.8 Å². The second kappa shape index (κ2) is 6.77. The largest absolute Gasteiger partial charge is 0.396 e. The van der Waals surface area contributed by atoms with Crippen molar-refractivity contribution in [1.82, 2.24) is 9.88 Å². The molecule has 1 aliphatic heterocycles. The summed E-state index contributed by atoms with van der Waals surface area (Å²) in [7, 11) is 0. The highest BCUT2D eigenvalue weighted by molar-refractivity contribution is 7.13. The molecule has 6 heteroatoms. The number of nitrogens with zero attached hydrogens (tertiary/aromatic N) is 2. The van der Waals surface area contributed by atoms with Gasteiger partial charge < -0.3 is 10.0 Å². The van der Waals surface area contributed by atoms with Gasteiger partial charge in [-0.15, -0.1) is 11.3 Å². The van der Waals surface area contributed by atoms with Crippen LogP contribution in [0.5, 0.6) is 0 Å². The molecule has 1 unspecified atom stereocenters. The van der Waals surface area contributed by atoms with Gasteiger partial charge in [-0.05, 0) is 30.9 Å². The summed E-state index contributed by atoms with van der Waals surface area (Å²) >= 11 is 7.34. The van der Waals surface area contributed by atoms with Crippen LogP contribution in [0.2, 0.25) is 5.02 Å². The lowest BCUT2D eigenvalue weighted by Crippen LogP contribution is -2.41. The highest BCUT2D eigenvalue weighted by Gasteiger charge is 2.25. The Morgan fingerprint density at radius 3 is 2.91 bits per heavy atom. The minimum absolute atomic E-state index is 0.0467. The van der Waals surface area contributed by atoms with Gasteiger partial charge in [-0.1, -0.05) is 23.7 Å².